The Kier molecular flexibility index (Phi) is 10.6. The molecule has 2 rings (SSSR count). The summed E-state index contributed by atoms with van der Waals surface area (Å²) in [5.74, 6) is 0. The third-order valence-corrected chi connectivity index (χ3v) is 8.48. The van der Waals surface area contributed by atoms with Crippen LogP contribution < -0.4 is 5.32 Å². The van der Waals surface area contributed by atoms with E-state index in [1.54, 1.807) is 32.9 Å². The maximum Gasteiger partial charge on any atom is 0.615 e. The highest BCUT2D eigenvalue weighted by Gasteiger charge is 2.32. The van der Waals surface area contributed by atoms with E-state index in [4.69, 9.17) is 18.5 Å². The number of hydrogen-bond acceptors (Lipinski definition) is 8. The number of nitrogens with one attached hydrogen (secondary N) is 1. The standard InChI is InChI=1S/C17H37N4O6P2/c1-15-10-18-11-16(27-15)14-26-29(23,20(4)5)9-7-21-6-8-24-17(12-21)13-25-28(22)19(2)3/h15-18H,6-14H2,1-5H3/q+1/t15-,16-,17-,29?/m0/s1. The lowest BCUT2D eigenvalue weighted by atomic mass is 10.3. The minimum Gasteiger partial charge on any atom is -0.373 e. The second-order valence-electron chi connectivity index (χ2n) is 7.91. The van der Waals surface area contributed by atoms with E-state index in [9.17, 15) is 9.13 Å². The molecule has 0 amide bonds. The maximum absolute atomic E-state index is 13.4. The Hall–Kier alpha value is 0.01000. The number of ether oxygens (including phenoxy) is 2. The lowest BCUT2D eigenvalue weighted by Gasteiger charge is -2.34. The normalized spacial score (nSPS) is 29.2. The molecule has 0 radical (unpaired) electrons. The summed E-state index contributed by atoms with van der Waals surface area (Å²) in [5.41, 5.74) is 0. The molecule has 2 saturated heterocycles. The number of morpholine rings is 2. The van der Waals surface area contributed by atoms with Gasteiger partial charge in [0.05, 0.1) is 37.7 Å². The largest absolute Gasteiger partial charge is 0.615 e. The fraction of sp³-hybridized carbons (Fsp3) is 1.00. The van der Waals surface area contributed by atoms with Gasteiger partial charge in [0.2, 0.25) is 0 Å². The van der Waals surface area contributed by atoms with E-state index in [-0.39, 0.29) is 24.9 Å². The predicted octanol–water partition coefficient (Wildman–Crippen LogP) is 1.07. The molecule has 5 atom stereocenters. The van der Waals surface area contributed by atoms with Crippen LogP contribution in [-0.2, 0) is 27.7 Å². The van der Waals surface area contributed by atoms with Crippen LogP contribution in [0.3, 0.4) is 0 Å². The predicted molar refractivity (Wildman–Crippen MR) is 113 cm³/mol. The fourth-order valence-corrected chi connectivity index (χ4v) is 5.38. The highest BCUT2D eigenvalue weighted by atomic mass is 31.2. The first kappa shape index (κ1) is 25.3. The quantitative estimate of drug-likeness (QED) is 0.456. The van der Waals surface area contributed by atoms with Crippen molar-refractivity contribution in [2.45, 2.75) is 25.2 Å². The lowest BCUT2D eigenvalue weighted by molar-refractivity contribution is -0.0493. The maximum atomic E-state index is 13.4. The van der Waals surface area contributed by atoms with Crippen molar-refractivity contribution in [1.82, 2.24) is 19.6 Å². The van der Waals surface area contributed by atoms with Gasteiger partial charge < -0.3 is 19.3 Å². The molecule has 1 N–H and O–H groups in total. The number of rotatable bonds is 11. The minimum atomic E-state index is -2.95. The first-order chi connectivity index (χ1) is 13.7. The molecule has 0 saturated carbocycles. The van der Waals surface area contributed by atoms with Crippen LogP contribution in [-0.4, -0.2) is 119 Å². The molecule has 0 aromatic carbocycles. The molecular weight excluding hydrogens is 418 g/mol. The summed E-state index contributed by atoms with van der Waals surface area (Å²) >= 11 is 0. The molecule has 2 fully saturated rings. The summed E-state index contributed by atoms with van der Waals surface area (Å²) in [7, 11) is 2.21. The van der Waals surface area contributed by atoms with E-state index < -0.39 is 15.7 Å². The van der Waals surface area contributed by atoms with Gasteiger partial charge in [-0.3, -0.25) is 9.46 Å². The summed E-state index contributed by atoms with van der Waals surface area (Å²) in [4.78, 5) is 2.19. The third-order valence-electron chi connectivity index (χ3n) is 4.92. The van der Waals surface area contributed by atoms with Gasteiger partial charge in [-0.2, -0.15) is 0 Å². The monoisotopic (exact) mass is 455 g/mol. The molecule has 0 aromatic heterocycles. The van der Waals surface area contributed by atoms with Crippen LogP contribution >= 0.6 is 15.7 Å². The van der Waals surface area contributed by atoms with Crippen molar-refractivity contribution in [3.8, 4) is 0 Å². The molecule has 0 aromatic rings. The lowest BCUT2D eigenvalue weighted by Crippen LogP contribution is -2.46. The van der Waals surface area contributed by atoms with Crippen molar-refractivity contribution in [1.29, 1.82) is 0 Å². The molecule has 29 heavy (non-hydrogen) atoms. The topological polar surface area (TPSA) is 92.8 Å². The van der Waals surface area contributed by atoms with Crippen molar-refractivity contribution in [3.05, 3.63) is 0 Å². The minimum absolute atomic E-state index is 0.0874. The Morgan fingerprint density at radius 2 is 1.97 bits per heavy atom. The zero-order valence-corrected chi connectivity index (χ0v) is 20.1. The van der Waals surface area contributed by atoms with Gasteiger partial charge in [-0.15, -0.1) is 4.52 Å². The van der Waals surface area contributed by atoms with Crippen LogP contribution in [0, 0.1) is 0 Å². The molecule has 0 aliphatic carbocycles. The van der Waals surface area contributed by atoms with Gasteiger partial charge in [0.1, 0.15) is 6.61 Å². The average molecular weight is 455 g/mol. The molecule has 2 aliphatic rings. The Bertz CT molecular complexity index is 568. The van der Waals surface area contributed by atoms with Gasteiger partial charge >= 0.3 is 8.18 Å². The Balaban J connectivity index is 1.79. The molecule has 10 nitrogen and oxygen atoms in total. The van der Waals surface area contributed by atoms with Crippen molar-refractivity contribution >= 4 is 15.7 Å². The van der Waals surface area contributed by atoms with Crippen molar-refractivity contribution in [2.75, 3.05) is 86.9 Å². The highest BCUT2D eigenvalue weighted by molar-refractivity contribution is 7.56. The van der Waals surface area contributed by atoms with Crippen LogP contribution in [0.2, 0.25) is 0 Å². The zero-order valence-electron chi connectivity index (χ0n) is 18.3. The van der Waals surface area contributed by atoms with Crippen LogP contribution in [0.5, 0.6) is 0 Å². The molecule has 2 unspecified atom stereocenters. The summed E-state index contributed by atoms with van der Waals surface area (Å²) in [6, 6.07) is 0. The number of hydrogen-bond donors (Lipinski definition) is 1. The van der Waals surface area contributed by atoms with E-state index in [1.807, 2.05) is 6.92 Å². The van der Waals surface area contributed by atoms with Crippen molar-refractivity contribution in [2.24, 2.45) is 0 Å². The van der Waals surface area contributed by atoms with Gasteiger partial charge in [0.15, 0.2) is 0 Å². The van der Waals surface area contributed by atoms with Crippen molar-refractivity contribution < 1.29 is 27.7 Å². The van der Waals surface area contributed by atoms with E-state index in [2.05, 4.69) is 10.2 Å². The first-order valence-corrected chi connectivity index (χ1v) is 13.0. The molecule has 2 heterocycles. The van der Waals surface area contributed by atoms with Crippen LogP contribution in [0.1, 0.15) is 6.92 Å². The first-order valence-electron chi connectivity index (χ1n) is 10.1. The fourth-order valence-electron chi connectivity index (χ4n) is 3.16. The highest BCUT2D eigenvalue weighted by Crippen LogP contribution is 2.48. The third kappa shape index (κ3) is 8.57. The zero-order chi connectivity index (χ0) is 21.4. The summed E-state index contributed by atoms with van der Waals surface area (Å²) < 4.78 is 51.1. The summed E-state index contributed by atoms with van der Waals surface area (Å²) in [6.45, 7) is 6.74. The van der Waals surface area contributed by atoms with Crippen molar-refractivity contribution in [3.63, 3.8) is 0 Å². The second-order valence-corrected chi connectivity index (χ2v) is 12.2. The van der Waals surface area contributed by atoms with Crippen LogP contribution in [0.25, 0.3) is 0 Å². The van der Waals surface area contributed by atoms with Gasteiger partial charge in [-0.1, -0.05) is 4.67 Å². The molecule has 170 valence electrons. The molecular formula is C17H37N4O6P2+. The van der Waals surface area contributed by atoms with Gasteiger partial charge in [-0.05, 0) is 25.6 Å². The van der Waals surface area contributed by atoms with E-state index >= 15 is 0 Å². The Morgan fingerprint density at radius 1 is 1.21 bits per heavy atom. The van der Waals surface area contributed by atoms with E-state index in [0.29, 0.717) is 39.0 Å². The van der Waals surface area contributed by atoms with E-state index in [0.717, 1.165) is 13.1 Å². The van der Waals surface area contributed by atoms with Crippen LogP contribution in [0.15, 0.2) is 0 Å². The average Bonchev–Trinajstić information content (AvgIpc) is 2.69. The molecule has 0 bridgehead atoms. The number of nitrogens with zero attached hydrogens (tertiary/aromatic N) is 3. The summed E-state index contributed by atoms with van der Waals surface area (Å²) in [5, 5.41) is 3.30. The Morgan fingerprint density at radius 3 is 2.62 bits per heavy atom. The van der Waals surface area contributed by atoms with Gasteiger partial charge in [0, 0.05) is 46.8 Å². The molecule has 2 aliphatic heterocycles. The second kappa shape index (κ2) is 12.2. The Labute approximate surface area is 175 Å². The molecule has 0 spiro atoms. The summed E-state index contributed by atoms with van der Waals surface area (Å²) in [6.07, 6.45) is 0.322. The molecule has 12 heteroatoms. The van der Waals surface area contributed by atoms with Gasteiger partial charge in [0.25, 0.3) is 7.52 Å². The van der Waals surface area contributed by atoms with Gasteiger partial charge in [-0.25, -0.2) is 4.67 Å². The van der Waals surface area contributed by atoms with Crippen LogP contribution in [0.4, 0.5) is 0 Å². The SMILES string of the molecule is C[C@H]1CNC[C@@H](COP(=O)(CCN2CCO[C@H](CO[P+](=O)N(C)C)C2)N(C)C)O1. The van der Waals surface area contributed by atoms with E-state index in [1.165, 1.54) is 4.67 Å². The smallest absolute Gasteiger partial charge is 0.373 e.